The molecule has 2 atom stereocenters. The fraction of sp³-hybridized carbons (Fsp3) is 0.500. The molecular weight excluding hydrogens is 536 g/mol. The van der Waals surface area contributed by atoms with Crippen molar-refractivity contribution < 1.29 is 9.35 Å². The number of aromatic nitrogens is 4. The molecule has 0 aromatic carbocycles. The molecule has 0 spiro atoms. The Hall–Kier alpha value is -3.44. The van der Waals surface area contributed by atoms with Crippen molar-refractivity contribution in [1.29, 1.82) is 0 Å². The summed E-state index contributed by atoms with van der Waals surface area (Å²) in [5.74, 6) is 2.73. The highest BCUT2D eigenvalue weighted by molar-refractivity contribution is 7.91. The summed E-state index contributed by atoms with van der Waals surface area (Å²) in [5.41, 5.74) is 4.80. The van der Waals surface area contributed by atoms with Crippen LogP contribution in [-0.2, 0) is 22.5 Å². The molecule has 2 aliphatic rings. The second-order valence-electron chi connectivity index (χ2n) is 10.9. The summed E-state index contributed by atoms with van der Waals surface area (Å²) in [6.07, 6.45) is 9.96. The van der Waals surface area contributed by atoms with Gasteiger partial charge in [0.05, 0.1) is 36.0 Å². The van der Waals surface area contributed by atoms with Crippen LogP contribution in [0.2, 0.25) is 0 Å². The first-order chi connectivity index (χ1) is 19.6. The molecule has 1 N–H and O–H groups in total. The van der Waals surface area contributed by atoms with Crippen LogP contribution in [0, 0.1) is 12.8 Å². The molecule has 11 heteroatoms. The molecular formula is C30H40N8O2S. The Morgan fingerprint density at radius 2 is 1.88 bits per heavy atom. The minimum absolute atomic E-state index is 0.134. The zero-order valence-corrected chi connectivity index (χ0v) is 25.7. The smallest absolute Gasteiger partial charge is 0.189 e. The zero-order valence-electron chi connectivity index (χ0n) is 24.8. The molecule has 10 nitrogen and oxygen atoms in total. The maximum atomic E-state index is 12.1. The fourth-order valence-electron chi connectivity index (χ4n) is 4.59. The minimum Gasteiger partial charge on any atom is -0.611 e. The zero-order chi connectivity index (χ0) is 29.7. The summed E-state index contributed by atoms with van der Waals surface area (Å²) in [5, 5.41) is 3.05. The van der Waals surface area contributed by atoms with E-state index in [1.807, 2.05) is 34.7 Å². The molecule has 0 bridgehead atoms. The van der Waals surface area contributed by atoms with Crippen molar-refractivity contribution in [3.8, 4) is 0 Å². The summed E-state index contributed by atoms with van der Waals surface area (Å²) in [4.78, 5) is 42.3. The number of nitrogens with one attached hydrogen (secondary N) is 1. The van der Waals surface area contributed by atoms with Gasteiger partial charge in [0.15, 0.2) is 22.9 Å². The van der Waals surface area contributed by atoms with Gasteiger partial charge in [0, 0.05) is 24.6 Å². The molecule has 0 amide bonds. The number of nitrogens with zero attached hydrogens (tertiary/aromatic N) is 7. The Labute approximate surface area is 245 Å². The van der Waals surface area contributed by atoms with Gasteiger partial charge >= 0.3 is 0 Å². The maximum absolute atomic E-state index is 12.1. The predicted molar refractivity (Wildman–Crippen MR) is 163 cm³/mol. The molecule has 2 aromatic heterocycles. The van der Waals surface area contributed by atoms with Crippen LogP contribution >= 0.6 is 0 Å². The number of carbonyl (C=O) groups is 1. The topological polar surface area (TPSA) is 132 Å². The first-order valence-electron chi connectivity index (χ1n) is 14.1. The summed E-state index contributed by atoms with van der Waals surface area (Å²) >= 11 is -1.12. The molecule has 2 fully saturated rings. The summed E-state index contributed by atoms with van der Waals surface area (Å²) < 4.78 is 12.0. The van der Waals surface area contributed by atoms with Crippen molar-refractivity contribution in [2.45, 2.75) is 83.7 Å². The van der Waals surface area contributed by atoms with Crippen molar-refractivity contribution in [3.05, 3.63) is 59.3 Å². The van der Waals surface area contributed by atoms with Gasteiger partial charge < -0.3 is 14.8 Å². The summed E-state index contributed by atoms with van der Waals surface area (Å²) in [6, 6.07) is 0.232. The van der Waals surface area contributed by atoms with E-state index in [0.717, 1.165) is 35.4 Å². The Bertz CT molecular complexity index is 1360. The molecule has 0 saturated heterocycles. The normalized spacial score (nSPS) is 17.0. The van der Waals surface area contributed by atoms with Gasteiger partial charge in [-0.15, -0.1) is 0 Å². The van der Waals surface area contributed by atoms with Gasteiger partial charge in [-0.25, -0.2) is 29.9 Å². The highest BCUT2D eigenvalue weighted by Gasteiger charge is 2.34. The average Bonchev–Trinajstić information content (AvgIpc) is 3.89. The monoisotopic (exact) mass is 576 g/mol. The second-order valence-corrected chi connectivity index (χ2v) is 12.6. The Morgan fingerprint density at radius 3 is 2.44 bits per heavy atom. The molecule has 4 rings (SSSR count). The Balaban J connectivity index is 1.66. The summed E-state index contributed by atoms with van der Waals surface area (Å²) in [7, 11) is 2.02. The molecule has 0 radical (unpaired) electrons. The van der Waals surface area contributed by atoms with E-state index < -0.39 is 11.2 Å². The van der Waals surface area contributed by atoms with E-state index >= 15 is 0 Å². The van der Waals surface area contributed by atoms with E-state index in [0.29, 0.717) is 51.8 Å². The lowest BCUT2D eigenvalue weighted by atomic mass is 10.1. The third kappa shape index (κ3) is 7.65. The Kier molecular flexibility index (Phi) is 10.0. The number of aldehydes is 1. The van der Waals surface area contributed by atoms with Crippen molar-refractivity contribution >= 4 is 34.8 Å². The lowest BCUT2D eigenvalue weighted by molar-refractivity contribution is -0.102. The van der Waals surface area contributed by atoms with Crippen LogP contribution in [0.15, 0.2) is 51.5 Å². The van der Waals surface area contributed by atoms with Crippen LogP contribution in [-0.4, -0.2) is 66.2 Å². The van der Waals surface area contributed by atoms with E-state index in [4.69, 9.17) is 9.98 Å². The molecule has 218 valence electrons. The van der Waals surface area contributed by atoms with Crippen LogP contribution in [0.1, 0.15) is 82.1 Å². The number of aryl methyl sites for hydroxylation is 1. The number of likely N-dealkylation sites (N-methyl/N-ethyl adjacent to an activating group) is 1. The minimum atomic E-state index is -1.12. The highest BCUT2D eigenvalue weighted by Crippen LogP contribution is 2.42. The van der Waals surface area contributed by atoms with Gasteiger partial charge in [-0.1, -0.05) is 6.58 Å². The van der Waals surface area contributed by atoms with Crippen molar-refractivity contribution in [3.63, 3.8) is 0 Å². The standard InChI is InChI=1S/C30H40N8O2S/c1-8-41(40)24-13-31-25(32-14-24)15-33-26(16-39)37-28(18(2)3)30(38(7)21(6)22-9-10-22)36-20(5)27-19(4)34-17-35-29(27)23-11-12-23/h13-14,16-17,21-23H,5,8-12,15H2,1-4,6-7H3,(H,33,37)/b36-30+. The quantitative estimate of drug-likeness (QED) is 0.171. The number of allylic oxidation sites excluding steroid dienone is 1. The van der Waals surface area contributed by atoms with E-state index in [1.54, 1.807) is 18.7 Å². The largest absolute Gasteiger partial charge is 0.611 e. The summed E-state index contributed by atoms with van der Waals surface area (Å²) in [6.45, 7) is 14.4. The number of hydrogen-bond donors (Lipinski definition) is 1. The van der Waals surface area contributed by atoms with E-state index in [-0.39, 0.29) is 18.4 Å². The molecule has 41 heavy (non-hydrogen) atoms. The first kappa shape index (κ1) is 30.5. The lowest BCUT2D eigenvalue weighted by Gasteiger charge is -2.29. The van der Waals surface area contributed by atoms with E-state index in [1.165, 1.54) is 12.8 Å². The van der Waals surface area contributed by atoms with Gasteiger partial charge in [0.1, 0.15) is 23.6 Å². The van der Waals surface area contributed by atoms with Crippen molar-refractivity contribution in [2.75, 3.05) is 12.8 Å². The number of amidine groups is 2. The van der Waals surface area contributed by atoms with Crippen LogP contribution in [0.25, 0.3) is 5.70 Å². The van der Waals surface area contributed by atoms with Gasteiger partial charge in [-0.3, -0.25) is 4.79 Å². The third-order valence-electron chi connectivity index (χ3n) is 7.47. The van der Waals surface area contributed by atoms with Gasteiger partial charge in [-0.05, 0) is 83.0 Å². The van der Waals surface area contributed by atoms with Crippen LogP contribution in [0.5, 0.6) is 0 Å². The van der Waals surface area contributed by atoms with E-state index in [2.05, 4.69) is 43.7 Å². The molecule has 2 saturated carbocycles. The third-order valence-corrected chi connectivity index (χ3v) is 8.73. The molecule has 2 heterocycles. The lowest BCUT2D eigenvalue weighted by Crippen LogP contribution is -2.38. The predicted octanol–water partition coefficient (Wildman–Crippen LogP) is 4.36. The Morgan fingerprint density at radius 1 is 1.20 bits per heavy atom. The maximum Gasteiger partial charge on any atom is 0.189 e. The number of aliphatic imine (C=N–C) groups is 2. The van der Waals surface area contributed by atoms with Crippen molar-refractivity contribution in [2.24, 2.45) is 15.9 Å². The average molecular weight is 577 g/mol. The van der Waals surface area contributed by atoms with Gasteiger partial charge in [0.25, 0.3) is 0 Å². The highest BCUT2D eigenvalue weighted by atomic mass is 32.2. The van der Waals surface area contributed by atoms with Gasteiger partial charge in [-0.2, -0.15) is 0 Å². The molecule has 2 unspecified atom stereocenters. The molecule has 2 aliphatic carbocycles. The molecule has 2 aromatic rings. The van der Waals surface area contributed by atoms with Crippen molar-refractivity contribution in [1.82, 2.24) is 30.2 Å². The number of carbonyl (C=O) groups excluding carboxylic acids is 1. The number of rotatable bonds is 12. The van der Waals surface area contributed by atoms with Crippen LogP contribution in [0.4, 0.5) is 0 Å². The number of hydrogen-bond acceptors (Lipinski definition) is 8. The van der Waals surface area contributed by atoms with E-state index in [9.17, 15) is 9.35 Å². The first-order valence-corrected chi connectivity index (χ1v) is 15.4. The SMILES string of the molecule is C=C(/N=C(\C(/N=C(\C=O)NCc1ncc([S+]([O-])CC)cn1)=C(C)C)N(C)C(C)C1CC1)c1c(C)ncnc1C1CC1. The van der Waals surface area contributed by atoms with Gasteiger partial charge in [0.2, 0.25) is 0 Å². The van der Waals surface area contributed by atoms with Crippen LogP contribution in [0.3, 0.4) is 0 Å². The second kappa shape index (κ2) is 13.5. The molecule has 0 aliphatic heterocycles. The fourth-order valence-corrected chi connectivity index (χ4v) is 5.26. The van der Waals surface area contributed by atoms with Crippen LogP contribution < -0.4 is 5.32 Å².